The van der Waals surface area contributed by atoms with Gasteiger partial charge in [-0.15, -0.1) is 0 Å². The molecule has 0 aliphatic rings. The Morgan fingerprint density at radius 3 is 2.33 bits per heavy atom. The minimum atomic E-state index is -1.02. The molecule has 0 radical (unpaired) electrons. The highest BCUT2D eigenvalue weighted by atomic mass is 19.1. The lowest BCUT2D eigenvalue weighted by atomic mass is 10.2. The summed E-state index contributed by atoms with van der Waals surface area (Å²) < 4.78 is 50.9. The Hall–Kier alpha value is -3.55. The molecule has 5 nitrogen and oxygen atoms in total. The van der Waals surface area contributed by atoms with E-state index in [4.69, 9.17) is 9.15 Å². The zero-order valence-electron chi connectivity index (χ0n) is 13.7. The largest absolute Gasteiger partial charge is 0.482 e. The lowest BCUT2D eigenvalue weighted by molar-refractivity contribution is 0.0992. The lowest BCUT2D eigenvalue weighted by Crippen LogP contribution is -2.17. The van der Waals surface area contributed by atoms with E-state index < -0.39 is 40.2 Å². The summed E-state index contributed by atoms with van der Waals surface area (Å²) in [6.45, 7) is -0.219. The van der Waals surface area contributed by atoms with Crippen molar-refractivity contribution in [2.75, 3.05) is 5.32 Å². The first-order valence-corrected chi connectivity index (χ1v) is 7.70. The van der Waals surface area contributed by atoms with E-state index in [1.807, 2.05) is 5.32 Å². The molecule has 8 heteroatoms. The van der Waals surface area contributed by atoms with Crippen molar-refractivity contribution in [3.05, 3.63) is 93.8 Å². The van der Waals surface area contributed by atoms with Crippen molar-refractivity contribution in [1.29, 1.82) is 0 Å². The molecule has 3 aromatic rings. The predicted molar refractivity (Wildman–Crippen MR) is 90.0 cm³/mol. The van der Waals surface area contributed by atoms with Crippen LogP contribution >= 0.6 is 0 Å². The van der Waals surface area contributed by atoms with Crippen molar-refractivity contribution in [2.24, 2.45) is 0 Å². The van der Waals surface area contributed by atoms with Gasteiger partial charge in [0.2, 0.25) is 11.2 Å². The highest BCUT2D eigenvalue weighted by molar-refractivity contribution is 6.02. The smallest absolute Gasteiger partial charge is 0.291 e. The van der Waals surface area contributed by atoms with Gasteiger partial charge in [0.15, 0.2) is 5.76 Å². The van der Waals surface area contributed by atoms with Gasteiger partial charge in [-0.2, -0.15) is 0 Å². The third kappa shape index (κ3) is 4.17. The van der Waals surface area contributed by atoms with Crippen LogP contribution in [0.2, 0.25) is 0 Å². The van der Waals surface area contributed by atoms with E-state index in [0.29, 0.717) is 0 Å². The fraction of sp³-hybridized carbons (Fsp3) is 0.0526. The number of anilines is 1. The maximum Gasteiger partial charge on any atom is 0.291 e. The summed E-state index contributed by atoms with van der Waals surface area (Å²) >= 11 is 0. The van der Waals surface area contributed by atoms with Gasteiger partial charge in [0.05, 0.1) is 0 Å². The van der Waals surface area contributed by atoms with Gasteiger partial charge in [0.1, 0.15) is 36.0 Å². The van der Waals surface area contributed by atoms with Crippen LogP contribution in [0.15, 0.2) is 64.0 Å². The fourth-order valence-corrected chi connectivity index (χ4v) is 2.19. The number of para-hydroxylation sites is 1. The molecule has 0 atom stereocenters. The van der Waals surface area contributed by atoms with Crippen LogP contribution in [0.5, 0.6) is 5.75 Å². The summed E-state index contributed by atoms with van der Waals surface area (Å²) in [7, 11) is 0. The summed E-state index contributed by atoms with van der Waals surface area (Å²) in [5, 5.41) is 1.99. The third-order valence-electron chi connectivity index (χ3n) is 3.56. The Bertz CT molecular complexity index is 1030. The van der Waals surface area contributed by atoms with Gasteiger partial charge < -0.3 is 14.5 Å². The molecule has 0 aliphatic heterocycles. The van der Waals surface area contributed by atoms with E-state index in [9.17, 15) is 22.8 Å². The van der Waals surface area contributed by atoms with E-state index in [1.165, 1.54) is 18.2 Å². The Morgan fingerprint density at radius 2 is 1.67 bits per heavy atom. The minimum absolute atomic E-state index is 0.219. The van der Waals surface area contributed by atoms with Crippen molar-refractivity contribution in [3.8, 4) is 5.75 Å². The van der Waals surface area contributed by atoms with Gasteiger partial charge in [-0.25, -0.2) is 13.2 Å². The van der Waals surface area contributed by atoms with Crippen LogP contribution in [0.4, 0.5) is 18.9 Å². The Labute approximate surface area is 151 Å². The molecule has 0 saturated heterocycles. The van der Waals surface area contributed by atoms with Crippen molar-refractivity contribution in [2.45, 2.75) is 6.61 Å². The second-order valence-electron chi connectivity index (χ2n) is 5.40. The number of ether oxygens (including phenoxy) is 1. The average molecular weight is 375 g/mol. The molecular weight excluding hydrogens is 363 g/mol. The SMILES string of the molecule is O=C(Nc1c(F)cccc1F)c1cc(=O)c(OCc2ccccc2F)co1. The summed E-state index contributed by atoms with van der Waals surface area (Å²) in [5.74, 6) is -4.18. The number of halogens is 3. The van der Waals surface area contributed by atoms with Gasteiger partial charge in [0, 0.05) is 11.6 Å². The van der Waals surface area contributed by atoms with Crippen LogP contribution < -0.4 is 15.5 Å². The molecule has 1 aromatic heterocycles. The first-order valence-electron chi connectivity index (χ1n) is 7.70. The molecule has 0 saturated carbocycles. The maximum absolute atomic E-state index is 13.6. The number of hydrogen-bond donors (Lipinski definition) is 1. The first-order chi connectivity index (χ1) is 13.0. The molecule has 1 N–H and O–H groups in total. The van der Waals surface area contributed by atoms with Crippen LogP contribution in [0.1, 0.15) is 16.1 Å². The summed E-state index contributed by atoms with van der Waals surface area (Å²) in [4.78, 5) is 24.1. The normalized spacial score (nSPS) is 10.5. The number of nitrogens with one attached hydrogen (secondary N) is 1. The average Bonchev–Trinajstić information content (AvgIpc) is 2.65. The Kier molecular flexibility index (Phi) is 5.25. The zero-order valence-corrected chi connectivity index (χ0v) is 13.7. The van der Waals surface area contributed by atoms with E-state index >= 15 is 0 Å². The topological polar surface area (TPSA) is 68.5 Å². The van der Waals surface area contributed by atoms with Gasteiger partial charge >= 0.3 is 0 Å². The molecule has 0 unspecified atom stereocenters. The monoisotopic (exact) mass is 375 g/mol. The molecule has 1 amide bonds. The first kappa shape index (κ1) is 18.2. The number of hydrogen-bond acceptors (Lipinski definition) is 4. The standard InChI is InChI=1S/C19H12F3NO4/c20-12-5-2-1-4-11(12)9-26-17-10-27-16(8-15(17)24)19(25)23-18-13(21)6-3-7-14(18)22/h1-8,10H,9H2,(H,23,25). The van der Waals surface area contributed by atoms with Crippen molar-refractivity contribution < 1.29 is 27.1 Å². The van der Waals surface area contributed by atoms with Crippen molar-refractivity contribution in [1.82, 2.24) is 0 Å². The fourth-order valence-electron chi connectivity index (χ4n) is 2.19. The molecule has 27 heavy (non-hydrogen) atoms. The molecule has 138 valence electrons. The summed E-state index contributed by atoms with van der Waals surface area (Å²) in [5.41, 5.74) is -1.14. The second-order valence-corrected chi connectivity index (χ2v) is 5.40. The number of amides is 1. The van der Waals surface area contributed by atoms with Crippen molar-refractivity contribution in [3.63, 3.8) is 0 Å². The number of carbonyl (C=O) groups excluding carboxylic acids is 1. The third-order valence-corrected chi connectivity index (χ3v) is 3.56. The molecule has 3 rings (SSSR count). The highest BCUT2D eigenvalue weighted by Gasteiger charge is 2.17. The maximum atomic E-state index is 13.6. The van der Waals surface area contributed by atoms with Gasteiger partial charge in [-0.1, -0.05) is 24.3 Å². The molecular formula is C19H12F3NO4. The quantitative estimate of drug-likeness (QED) is 0.735. The number of carbonyl (C=O) groups is 1. The molecule has 2 aromatic carbocycles. The molecule has 0 bridgehead atoms. The predicted octanol–water partition coefficient (Wildman–Crippen LogP) is 3.89. The summed E-state index contributed by atoms with van der Waals surface area (Å²) in [6.07, 6.45) is 0.871. The van der Waals surface area contributed by atoms with Crippen LogP contribution in [-0.4, -0.2) is 5.91 Å². The van der Waals surface area contributed by atoms with E-state index in [0.717, 1.165) is 30.5 Å². The van der Waals surface area contributed by atoms with Gasteiger partial charge in [0.25, 0.3) is 5.91 Å². The molecule has 0 fully saturated rings. The van der Waals surface area contributed by atoms with E-state index in [-0.39, 0.29) is 17.9 Å². The lowest BCUT2D eigenvalue weighted by Gasteiger charge is -2.08. The van der Waals surface area contributed by atoms with Gasteiger partial charge in [-0.3, -0.25) is 9.59 Å². The van der Waals surface area contributed by atoms with Crippen molar-refractivity contribution >= 4 is 11.6 Å². The summed E-state index contributed by atoms with van der Waals surface area (Å²) in [6, 6.07) is 9.74. The molecule has 0 spiro atoms. The van der Waals surface area contributed by atoms with Gasteiger partial charge in [-0.05, 0) is 18.2 Å². The molecule has 0 aliphatic carbocycles. The minimum Gasteiger partial charge on any atom is -0.482 e. The molecule has 1 heterocycles. The van der Waals surface area contributed by atoms with E-state index in [2.05, 4.69) is 0 Å². The Balaban J connectivity index is 1.73. The van der Waals surface area contributed by atoms with Crippen LogP contribution in [0.3, 0.4) is 0 Å². The van der Waals surface area contributed by atoms with Crippen LogP contribution in [0.25, 0.3) is 0 Å². The highest BCUT2D eigenvalue weighted by Crippen LogP contribution is 2.19. The van der Waals surface area contributed by atoms with Crippen LogP contribution in [0, 0.1) is 17.5 Å². The number of rotatable bonds is 5. The van der Waals surface area contributed by atoms with Crippen LogP contribution in [-0.2, 0) is 6.61 Å². The number of benzene rings is 2. The zero-order chi connectivity index (χ0) is 19.4. The second kappa shape index (κ2) is 7.77. The Morgan fingerprint density at radius 1 is 1.00 bits per heavy atom. The van der Waals surface area contributed by atoms with E-state index in [1.54, 1.807) is 6.07 Å².